The molecule has 0 bridgehead atoms. The molecule has 0 unspecified atom stereocenters. The number of aliphatic imine (C=N–C) groups is 1. The van der Waals surface area contributed by atoms with Gasteiger partial charge in [-0.2, -0.15) is 0 Å². The number of para-hydroxylation sites is 1. The van der Waals surface area contributed by atoms with E-state index in [4.69, 9.17) is 9.41 Å². The predicted molar refractivity (Wildman–Crippen MR) is 139 cm³/mol. The van der Waals surface area contributed by atoms with Gasteiger partial charge in [0.1, 0.15) is 23.7 Å². The molecule has 1 fully saturated rings. The topological polar surface area (TPSA) is 65.7 Å². The lowest BCUT2D eigenvalue weighted by Gasteiger charge is -2.33. The van der Waals surface area contributed by atoms with Gasteiger partial charge in [0, 0.05) is 42.8 Å². The molecule has 0 radical (unpaired) electrons. The number of piperidine rings is 1. The summed E-state index contributed by atoms with van der Waals surface area (Å²) in [6.07, 6.45) is 4.06. The highest BCUT2D eigenvalue weighted by atomic mass is 127. The molecule has 2 aromatic heterocycles. The summed E-state index contributed by atoms with van der Waals surface area (Å²) in [6, 6.07) is 12.8. The maximum Gasteiger partial charge on any atom is 0.191 e. The van der Waals surface area contributed by atoms with Crippen molar-refractivity contribution in [1.82, 2.24) is 15.6 Å². The SMILES string of the molecule is CCNC(=NCc1oc2ccccc2c1C)NC1CCN(c2ccc(C)cn2)CC1.I. The maximum atomic E-state index is 6.01. The summed E-state index contributed by atoms with van der Waals surface area (Å²) in [5.41, 5.74) is 3.29. The standard InChI is InChI=1S/C24H31N5O.HI/c1-4-25-24(27-16-22-18(3)20-7-5-6-8-21(20)30-22)28-19-11-13-29(14-12-19)23-10-9-17(2)15-26-23;/h5-10,15,19H,4,11-14,16H2,1-3H3,(H2,25,27,28);1H. The predicted octanol–water partition coefficient (Wildman–Crippen LogP) is 4.79. The first-order valence-corrected chi connectivity index (χ1v) is 10.8. The van der Waals surface area contributed by atoms with Gasteiger partial charge in [-0.3, -0.25) is 0 Å². The molecule has 6 nitrogen and oxygen atoms in total. The molecular weight excluding hydrogens is 501 g/mol. The van der Waals surface area contributed by atoms with Crippen molar-refractivity contribution in [2.24, 2.45) is 4.99 Å². The summed E-state index contributed by atoms with van der Waals surface area (Å²) < 4.78 is 6.01. The van der Waals surface area contributed by atoms with Crippen LogP contribution in [0.4, 0.5) is 5.82 Å². The van der Waals surface area contributed by atoms with Gasteiger partial charge >= 0.3 is 0 Å². The van der Waals surface area contributed by atoms with E-state index in [0.29, 0.717) is 12.6 Å². The van der Waals surface area contributed by atoms with Crippen molar-refractivity contribution in [1.29, 1.82) is 0 Å². The molecule has 0 spiro atoms. The lowest BCUT2D eigenvalue weighted by molar-refractivity contribution is 0.459. The van der Waals surface area contributed by atoms with Gasteiger partial charge in [-0.25, -0.2) is 9.98 Å². The van der Waals surface area contributed by atoms with Crippen LogP contribution in [0.5, 0.6) is 0 Å². The Morgan fingerprint density at radius 3 is 2.61 bits per heavy atom. The Morgan fingerprint density at radius 2 is 1.94 bits per heavy atom. The van der Waals surface area contributed by atoms with E-state index >= 15 is 0 Å². The largest absolute Gasteiger partial charge is 0.459 e. The lowest BCUT2D eigenvalue weighted by Crippen LogP contribution is -2.48. The van der Waals surface area contributed by atoms with Gasteiger partial charge in [0.15, 0.2) is 5.96 Å². The van der Waals surface area contributed by atoms with Crippen LogP contribution in [0.25, 0.3) is 11.0 Å². The van der Waals surface area contributed by atoms with Crippen LogP contribution >= 0.6 is 24.0 Å². The van der Waals surface area contributed by atoms with E-state index in [1.165, 1.54) is 11.1 Å². The van der Waals surface area contributed by atoms with Crippen LogP contribution in [0.3, 0.4) is 0 Å². The molecule has 1 aromatic carbocycles. The smallest absolute Gasteiger partial charge is 0.191 e. The second kappa shape index (κ2) is 10.8. The fraction of sp³-hybridized carbons (Fsp3) is 0.417. The number of aromatic nitrogens is 1. The Balaban J connectivity index is 0.00000272. The van der Waals surface area contributed by atoms with Gasteiger partial charge in [-0.05, 0) is 51.3 Å². The van der Waals surface area contributed by atoms with E-state index in [9.17, 15) is 0 Å². The molecule has 0 saturated carbocycles. The Morgan fingerprint density at radius 1 is 1.16 bits per heavy atom. The van der Waals surface area contributed by atoms with Crippen molar-refractivity contribution < 1.29 is 4.42 Å². The molecule has 1 aliphatic rings. The minimum absolute atomic E-state index is 0. The number of benzene rings is 1. The Bertz CT molecular complexity index is 1010. The number of anilines is 1. The third-order valence-corrected chi connectivity index (χ3v) is 5.72. The average Bonchev–Trinajstić information content (AvgIpc) is 3.09. The number of nitrogens with one attached hydrogen (secondary N) is 2. The number of hydrogen-bond donors (Lipinski definition) is 2. The van der Waals surface area contributed by atoms with Crippen molar-refractivity contribution in [3.8, 4) is 0 Å². The number of furan rings is 1. The first-order valence-electron chi connectivity index (χ1n) is 10.8. The van der Waals surface area contributed by atoms with Crippen LogP contribution in [0, 0.1) is 13.8 Å². The highest BCUT2D eigenvalue weighted by molar-refractivity contribution is 14.0. The van der Waals surface area contributed by atoms with Crippen molar-refractivity contribution in [3.05, 3.63) is 59.5 Å². The summed E-state index contributed by atoms with van der Waals surface area (Å²) in [5, 5.41) is 8.15. The number of nitrogens with zero attached hydrogens (tertiary/aromatic N) is 3. The molecule has 0 atom stereocenters. The number of halogens is 1. The maximum absolute atomic E-state index is 6.01. The monoisotopic (exact) mass is 533 g/mol. The lowest BCUT2D eigenvalue weighted by atomic mass is 10.1. The Hall–Kier alpha value is -2.29. The highest BCUT2D eigenvalue weighted by Crippen LogP contribution is 2.25. The number of guanidine groups is 1. The van der Waals surface area contributed by atoms with Gasteiger partial charge in [0.05, 0.1) is 0 Å². The van der Waals surface area contributed by atoms with E-state index in [0.717, 1.165) is 61.0 Å². The second-order valence-corrected chi connectivity index (χ2v) is 7.94. The van der Waals surface area contributed by atoms with Crippen LogP contribution < -0.4 is 15.5 Å². The van der Waals surface area contributed by atoms with Crippen molar-refractivity contribution in [2.45, 2.75) is 46.2 Å². The van der Waals surface area contributed by atoms with E-state index in [2.05, 4.69) is 59.5 Å². The van der Waals surface area contributed by atoms with Crippen LogP contribution in [0.2, 0.25) is 0 Å². The van der Waals surface area contributed by atoms with Crippen LogP contribution in [-0.4, -0.2) is 36.6 Å². The normalized spacial score (nSPS) is 15.1. The van der Waals surface area contributed by atoms with Crippen LogP contribution in [-0.2, 0) is 6.54 Å². The molecule has 1 saturated heterocycles. The number of pyridine rings is 1. The molecule has 31 heavy (non-hydrogen) atoms. The van der Waals surface area contributed by atoms with Gasteiger partial charge in [-0.1, -0.05) is 24.3 Å². The molecule has 3 aromatic rings. The summed E-state index contributed by atoms with van der Waals surface area (Å²) in [6.45, 7) is 9.62. The van der Waals surface area contributed by atoms with E-state index in [-0.39, 0.29) is 24.0 Å². The zero-order chi connectivity index (χ0) is 20.9. The van der Waals surface area contributed by atoms with Gasteiger partial charge in [0.2, 0.25) is 0 Å². The molecule has 3 heterocycles. The summed E-state index contributed by atoms with van der Waals surface area (Å²) in [4.78, 5) is 11.7. The molecule has 166 valence electrons. The molecule has 0 amide bonds. The van der Waals surface area contributed by atoms with Crippen LogP contribution in [0.1, 0.15) is 36.7 Å². The average molecular weight is 533 g/mol. The fourth-order valence-corrected chi connectivity index (χ4v) is 3.94. The quantitative estimate of drug-likeness (QED) is 0.281. The first-order chi connectivity index (χ1) is 14.6. The van der Waals surface area contributed by atoms with Gasteiger partial charge in [0.25, 0.3) is 0 Å². The summed E-state index contributed by atoms with van der Waals surface area (Å²) >= 11 is 0. The minimum Gasteiger partial charge on any atom is -0.459 e. The Kier molecular flexibility index (Phi) is 8.17. The van der Waals surface area contributed by atoms with Crippen molar-refractivity contribution >= 4 is 46.7 Å². The summed E-state index contributed by atoms with van der Waals surface area (Å²) in [5.74, 6) is 2.85. The zero-order valence-electron chi connectivity index (χ0n) is 18.5. The van der Waals surface area contributed by atoms with Crippen molar-refractivity contribution in [2.75, 3.05) is 24.5 Å². The molecule has 7 heteroatoms. The van der Waals surface area contributed by atoms with Crippen molar-refractivity contribution in [3.63, 3.8) is 0 Å². The molecule has 4 rings (SSSR count). The van der Waals surface area contributed by atoms with Crippen LogP contribution in [0.15, 0.2) is 52.0 Å². The highest BCUT2D eigenvalue weighted by Gasteiger charge is 2.21. The molecule has 0 aliphatic carbocycles. The molecule has 2 N–H and O–H groups in total. The second-order valence-electron chi connectivity index (χ2n) is 7.94. The first kappa shape index (κ1) is 23.4. The van der Waals surface area contributed by atoms with Gasteiger partial charge in [-0.15, -0.1) is 24.0 Å². The number of fused-ring (bicyclic) bond motifs is 1. The number of aryl methyl sites for hydroxylation is 2. The number of hydrogen-bond acceptors (Lipinski definition) is 4. The Labute approximate surface area is 201 Å². The number of rotatable bonds is 5. The summed E-state index contributed by atoms with van der Waals surface area (Å²) in [7, 11) is 0. The molecule has 1 aliphatic heterocycles. The van der Waals surface area contributed by atoms with E-state index in [1.807, 2.05) is 24.4 Å². The minimum atomic E-state index is 0. The van der Waals surface area contributed by atoms with E-state index < -0.39 is 0 Å². The molecular formula is C24H32IN5O. The van der Waals surface area contributed by atoms with Gasteiger partial charge < -0.3 is 20.0 Å². The third-order valence-electron chi connectivity index (χ3n) is 5.72. The zero-order valence-corrected chi connectivity index (χ0v) is 20.8. The fourth-order valence-electron chi connectivity index (χ4n) is 3.94. The third kappa shape index (κ3) is 5.70. The van der Waals surface area contributed by atoms with E-state index in [1.54, 1.807) is 0 Å².